The van der Waals surface area contributed by atoms with E-state index in [0.29, 0.717) is 6.54 Å². The SMILES string of the molecule is CCCc1cccc(CN[C@H](C(=O)O)c2ccccc2)c1. The molecule has 0 aliphatic rings. The second kappa shape index (κ2) is 7.60. The number of carboxylic acids is 1. The average Bonchev–Trinajstić information content (AvgIpc) is 2.49. The molecule has 0 aromatic heterocycles. The molecule has 3 heteroatoms. The van der Waals surface area contributed by atoms with Crippen molar-refractivity contribution >= 4 is 5.97 Å². The van der Waals surface area contributed by atoms with Gasteiger partial charge in [-0.05, 0) is 23.1 Å². The van der Waals surface area contributed by atoms with Gasteiger partial charge in [-0.3, -0.25) is 10.1 Å². The van der Waals surface area contributed by atoms with Crippen molar-refractivity contribution in [2.45, 2.75) is 32.4 Å². The van der Waals surface area contributed by atoms with Gasteiger partial charge in [0.15, 0.2) is 0 Å². The molecule has 0 unspecified atom stereocenters. The van der Waals surface area contributed by atoms with Gasteiger partial charge in [-0.25, -0.2) is 0 Å². The maximum Gasteiger partial charge on any atom is 0.325 e. The van der Waals surface area contributed by atoms with Crippen LogP contribution in [-0.2, 0) is 17.8 Å². The molecule has 0 amide bonds. The fourth-order valence-corrected chi connectivity index (χ4v) is 2.40. The first-order valence-electron chi connectivity index (χ1n) is 7.29. The van der Waals surface area contributed by atoms with Gasteiger partial charge in [-0.2, -0.15) is 0 Å². The molecule has 1 atom stereocenters. The Kier molecular flexibility index (Phi) is 5.52. The van der Waals surface area contributed by atoms with Crippen molar-refractivity contribution in [2.75, 3.05) is 0 Å². The molecule has 2 rings (SSSR count). The summed E-state index contributed by atoms with van der Waals surface area (Å²) in [5, 5.41) is 12.5. The number of nitrogens with one attached hydrogen (secondary N) is 1. The maximum absolute atomic E-state index is 11.4. The van der Waals surface area contributed by atoms with Crippen LogP contribution >= 0.6 is 0 Å². The van der Waals surface area contributed by atoms with E-state index >= 15 is 0 Å². The van der Waals surface area contributed by atoms with Crippen LogP contribution in [-0.4, -0.2) is 11.1 Å². The highest BCUT2D eigenvalue weighted by Gasteiger charge is 2.18. The Labute approximate surface area is 125 Å². The van der Waals surface area contributed by atoms with Gasteiger partial charge in [0.05, 0.1) is 0 Å². The summed E-state index contributed by atoms with van der Waals surface area (Å²) in [6, 6.07) is 16.9. The first kappa shape index (κ1) is 15.3. The zero-order chi connectivity index (χ0) is 15.1. The van der Waals surface area contributed by atoms with Crippen molar-refractivity contribution in [1.29, 1.82) is 0 Å². The number of hydrogen-bond donors (Lipinski definition) is 2. The third kappa shape index (κ3) is 4.43. The van der Waals surface area contributed by atoms with Crippen molar-refractivity contribution in [1.82, 2.24) is 5.32 Å². The molecular formula is C18H21NO2. The number of carboxylic acid groups (broad SMARTS) is 1. The van der Waals surface area contributed by atoms with Crippen LogP contribution < -0.4 is 5.32 Å². The summed E-state index contributed by atoms with van der Waals surface area (Å²) in [6.07, 6.45) is 2.16. The van der Waals surface area contributed by atoms with Crippen molar-refractivity contribution < 1.29 is 9.90 Å². The van der Waals surface area contributed by atoms with Gasteiger partial charge in [0.1, 0.15) is 6.04 Å². The maximum atomic E-state index is 11.4. The van der Waals surface area contributed by atoms with Gasteiger partial charge in [0.2, 0.25) is 0 Å². The van der Waals surface area contributed by atoms with E-state index < -0.39 is 12.0 Å². The summed E-state index contributed by atoms with van der Waals surface area (Å²) in [4.78, 5) is 11.4. The summed E-state index contributed by atoms with van der Waals surface area (Å²) >= 11 is 0. The van der Waals surface area contributed by atoms with Gasteiger partial charge in [-0.1, -0.05) is 67.9 Å². The number of carbonyl (C=O) groups is 1. The Morgan fingerprint density at radius 1 is 1.10 bits per heavy atom. The molecule has 0 saturated heterocycles. The second-order valence-electron chi connectivity index (χ2n) is 5.13. The lowest BCUT2D eigenvalue weighted by atomic mass is 10.0. The van der Waals surface area contributed by atoms with Crippen molar-refractivity contribution in [2.24, 2.45) is 0 Å². The van der Waals surface area contributed by atoms with E-state index in [-0.39, 0.29) is 0 Å². The summed E-state index contributed by atoms with van der Waals surface area (Å²) < 4.78 is 0. The Morgan fingerprint density at radius 3 is 2.48 bits per heavy atom. The van der Waals surface area contributed by atoms with Crippen LogP contribution in [0.25, 0.3) is 0 Å². The molecule has 3 nitrogen and oxygen atoms in total. The van der Waals surface area contributed by atoms with E-state index in [4.69, 9.17) is 0 Å². The smallest absolute Gasteiger partial charge is 0.325 e. The molecule has 0 aliphatic carbocycles. The molecule has 0 heterocycles. The number of aliphatic carboxylic acids is 1. The minimum Gasteiger partial charge on any atom is -0.480 e. The van der Waals surface area contributed by atoms with Gasteiger partial charge >= 0.3 is 5.97 Å². The Morgan fingerprint density at radius 2 is 1.81 bits per heavy atom. The predicted octanol–water partition coefficient (Wildman–Crippen LogP) is 3.55. The molecule has 2 aromatic rings. The third-order valence-electron chi connectivity index (χ3n) is 3.42. The van der Waals surface area contributed by atoms with Crippen LogP contribution in [0.5, 0.6) is 0 Å². The average molecular weight is 283 g/mol. The Hall–Kier alpha value is -2.13. The number of aryl methyl sites for hydroxylation is 1. The summed E-state index contributed by atoms with van der Waals surface area (Å²) in [7, 11) is 0. The van der Waals surface area contributed by atoms with Gasteiger partial charge in [0, 0.05) is 6.54 Å². The minimum atomic E-state index is -0.856. The first-order valence-corrected chi connectivity index (χ1v) is 7.29. The first-order chi connectivity index (χ1) is 10.2. The lowest BCUT2D eigenvalue weighted by Crippen LogP contribution is -2.28. The topological polar surface area (TPSA) is 49.3 Å². The normalized spacial score (nSPS) is 12.0. The van der Waals surface area contributed by atoms with Gasteiger partial charge in [-0.15, -0.1) is 0 Å². The molecular weight excluding hydrogens is 262 g/mol. The van der Waals surface area contributed by atoms with Crippen molar-refractivity contribution in [3.8, 4) is 0 Å². The molecule has 2 aromatic carbocycles. The van der Waals surface area contributed by atoms with Crippen LogP contribution in [0.4, 0.5) is 0 Å². The highest BCUT2D eigenvalue weighted by atomic mass is 16.4. The van der Waals surface area contributed by atoms with Crippen LogP contribution in [0.1, 0.15) is 36.1 Å². The molecule has 21 heavy (non-hydrogen) atoms. The molecule has 0 radical (unpaired) electrons. The summed E-state index contributed by atoms with van der Waals surface area (Å²) in [5.41, 5.74) is 3.18. The van der Waals surface area contributed by atoms with Crippen LogP contribution in [0.15, 0.2) is 54.6 Å². The van der Waals surface area contributed by atoms with Gasteiger partial charge in [0.25, 0.3) is 0 Å². The van der Waals surface area contributed by atoms with Crippen molar-refractivity contribution in [3.63, 3.8) is 0 Å². The molecule has 0 spiro atoms. The molecule has 2 N–H and O–H groups in total. The van der Waals surface area contributed by atoms with Crippen molar-refractivity contribution in [3.05, 3.63) is 71.3 Å². The highest BCUT2D eigenvalue weighted by Crippen LogP contribution is 2.14. The van der Waals surface area contributed by atoms with E-state index in [1.807, 2.05) is 42.5 Å². The quantitative estimate of drug-likeness (QED) is 0.817. The zero-order valence-electron chi connectivity index (χ0n) is 12.3. The molecule has 0 aliphatic heterocycles. The Balaban J connectivity index is 2.06. The van der Waals surface area contributed by atoms with E-state index in [1.54, 1.807) is 0 Å². The molecule has 0 bridgehead atoms. The van der Waals surface area contributed by atoms with E-state index in [9.17, 15) is 9.90 Å². The lowest BCUT2D eigenvalue weighted by molar-refractivity contribution is -0.139. The monoisotopic (exact) mass is 283 g/mol. The minimum absolute atomic E-state index is 0.545. The number of hydrogen-bond acceptors (Lipinski definition) is 2. The fraction of sp³-hybridized carbons (Fsp3) is 0.278. The molecule has 0 saturated carbocycles. The number of rotatable bonds is 7. The number of benzene rings is 2. The standard InChI is InChI=1S/C18H21NO2/c1-2-7-14-8-6-9-15(12-14)13-19-17(18(20)21)16-10-4-3-5-11-16/h3-6,8-12,17,19H,2,7,13H2,1H3,(H,20,21)/t17-/m0/s1. The van der Waals surface area contributed by atoms with E-state index in [2.05, 4.69) is 24.4 Å². The second-order valence-corrected chi connectivity index (χ2v) is 5.13. The summed E-state index contributed by atoms with van der Waals surface area (Å²) in [5.74, 6) is -0.856. The van der Waals surface area contributed by atoms with E-state index in [1.165, 1.54) is 5.56 Å². The fourth-order valence-electron chi connectivity index (χ4n) is 2.40. The highest BCUT2D eigenvalue weighted by molar-refractivity contribution is 5.75. The lowest BCUT2D eigenvalue weighted by Gasteiger charge is -2.15. The van der Waals surface area contributed by atoms with E-state index in [0.717, 1.165) is 24.0 Å². The molecule has 110 valence electrons. The molecule has 0 fully saturated rings. The zero-order valence-corrected chi connectivity index (χ0v) is 12.3. The van der Waals surface area contributed by atoms with Crippen LogP contribution in [0, 0.1) is 0 Å². The van der Waals surface area contributed by atoms with Crippen LogP contribution in [0.3, 0.4) is 0 Å². The Bertz CT molecular complexity index is 581. The predicted molar refractivity (Wildman–Crippen MR) is 84.1 cm³/mol. The summed E-state index contributed by atoms with van der Waals surface area (Å²) in [6.45, 7) is 2.70. The largest absolute Gasteiger partial charge is 0.480 e. The third-order valence-corrected chi connectivity index (χ3v) is 3.42. The van der Waals surface area contributed by atoms with Crippen LogP contribution in [0.2, 0.25) is 0 Å². The van der Waals surface area contributed by atoms with Gasteiger partial charge < -0.3 is 5.11 Å².